The zero-order chi connectivity index (χ0) is 16.9. The first kappa shape index (κ1) is 18.6. The second-order valence-corrected chi connectivity index (χ2v) is 8.61. The van der Waals surface area contributed by atoms with Crippen molar-refractivity contribution in [3.05, 3.63) is 11.7 Å². The van der Waals surface area contributed by atoms with Crippen LogP contribution in [-0.2, 0) is 26.8 Å². The van der Waals surface area contributed by atoms with E-state index in [1.54, 1.807) is 0 Å². The lowest BCUT2D eigenvalue weighted by Gasteiger charge is -2.13. The van der Waals surface area contributed by atoms with Gasteiger partial charge >= 0.3 is 0 Å². The lowest BCUT2D eigenvalue weighted by Crippen LogP contribution is -2.40. The van der Waals surface area contributed by atoms with Crippen LogP contribution in [0.3, 0.4) is 0 Å². The summed E-state index contributed by atoms with van der Waals surface area (Å²) in [6.45, 7) is 9.70. The predicted octanol–water partition coefficient (Wildman–Crippen LogP) is 1.34. The van der Waals surface area contributed by atoms with Crippen LogP contribution in [0.2, 0.25) is 0 Å². The molecule has 0 aliphatic rings. The highest BCUT2D eigenvalue weighted by molar-refractivity contribution is 7.92. The molecule has 0 saturated carbocycles. The highest BCUT2D eigenvalue weighted by atomic mass is 32.2. The van der Waals surface area contributed by atoms with E-state index in [1.807, 2.05) is 27.7 Å². The molecule has 7 nitrogen and oxygen atoms in total. The molecule has 8 heteroatoms. The molecule has 22 heavy (non-hydrogen) atoms. The summed E-state index contributed by atoms with van der Waals surface area (Å²) in [6.07, 6.45) is 0.595. The first-order valence-corrected chi connectivity index (χ1v) is 9.14. The second-order valence-electron chi connectivity index (χ2n) is 6.29. The quantitative estimate of drug-likeness (QED) is 0.771. The van der Waals surface area contributed by atoms with Gasteiger partial charge in [0.15, 0.2) is 15.7 Å². The normalized spacial score (nSPS) is 13.6. The molecule has 0 fully saturated rings. The number of aromatic nitrogens is 2. The molecular weight excluding hydrogens is 306 g/mol. The van der Waals surface area contributed by atoms with Crippen molar-refractivity contribution in [3.63, 3.8) is 0 Å². The van der Waals surface area contributed by atoms with E-state index in [-0.39, 0.29) is 11.7 Å². The van der Waals surface area contributed by atoms with E-state index in [0.29, 0.717) is 24.8 Å². The minimum Gasteiger partial charge on any atom is -0.355 e. The lowest BCUT2D eigenvalue weighted by atomic mass is 10.1. The highest BCUT2D eigenvalue weighted by Gasteiger charge is 2.29. The Kier molecular flexibility index (Phi) is 6.52. The summed E-state index contributed by atoms with van der Waals surface area (Å²) < 4.78 is 29.5. The number of amides is 1. The third-order valence-corrected chi connectivity index (χ3v) is 4.97. The van der Waals surface area contributed by atoms with E-state index in [0.717, 1.165) is 0 Å². The summed E-state index contributed by atoms with van der Waals surface area (Å²) in [6, 6.07) is 0. The summed E-state index contributed by atoms with van der Waals surface area (Å²) >= 11 is 0. The van der Waals surface area contributed by atoms with Gasteiger partial charge in [-0.25, -0.2) is 8.42 Å². The molecule has 0 aromatic carbocycles. The molecule has 1 amide bonds. The zero-order valence-corrected chi connectivity index (χ0v) is 14.6. The molecule has 0 bridgehead atoms. The number of sulfone groups is 1. The van der Waals surface area contributed by atoms with Crippen molar-refractivity contribution in [1.82, 2.24) is 15.5 Å². The maximum absolute atomic E-state index is 12.2. The Morgan fingerprint density at radius 2 is 1.82 bits per heavy atom. The molecule has 0 aliphatic carbocycles. The molecule has 0 spiro atoms. The minimum absolute atomic E-state index is 0.0964. The summed E-state index contributed by atoms with van der Waals surface area (Å²) in [5.74, 6) is 0.210. The molecule has 1 N–H and O–H groups in total. The van der Waals surface area contributed by atoms with Gasteiger partial charge in [-0.15, -0.1) is 0 Å². The molecule has 0 radical (unpaired) electrons. The average molecular weight is 331 g/mol. The summed E-state index contributed by atoms with van der Waals surface area (Å²) in [4.78, 5) is 15.9. The van der Waals surface area contributed by atoms with Crippen molar-refractivity contribution in [1.29, 1.82) is 0 Å². The Balaban J connectivity index is 2.69. The maximum Gasteiger partial charge on any atom is 0.238 e. The molecule has 1 aromatic rings. The molecule has 126 valence electrons. The van der Waals surface area contributed by atoms with Gasteiger partial charge < -0.3 is 9.84 Å². The van der Waals surface area contributed by atoms with E-state index >= 15 is 0 Å². The van der Waals surface area contributed by atoms with Gasteiger partial charge in [-0.1, -0.05) is 32.9 Å². The largest absolute Gasteiger partial charge is 0.355 e. The first-order chi connectivity index (χ1) is 10.1. The van der Waals surface area contributed by atoms with Crippen molar-refractivity contribution in [2.75, 3.05) is 6.54 Å². The van der Waals surface area contributed by atoms with E-state index in [2.05, 4.69) is 15.5 Å². The van der Waals surface area contributed by atoms with Gasteiger partial charge in [-0.3, -0.25) is 4.79 Å². The third-order valence-electron chi connectivity index (χ3n) is 3.02. The van der Waals surface area contributed by atoms with Crippen LogP contribution in [0, 0.1) is 11.8 Å². The monoisotopic (exact) mass is 331 g/mol. The number of hydrogen-bond donors (Lipinski definition) is 1. The van der Waals surface area contributed by atoms with Gasteiger partial charge in [0.2, 0.25) is 11.8 Å². The van der Waals surface area contributed by atoms with Gasteiger partial charge in [0.1, 0.15) is 11.0 Å². The highest BCUT2D eigenvalue weighted by Crippen LogP contribution is 2.11. The van der Waals surface area contributed by atoms with E-state index in [4.69, 9.17) is 4.52 Å². The zero-order valence-electron chi connectivity index (χ0n) is 13.8. The number of rotatable bonds is 8. The van der Waals surface area contributed by atoms with Gasteiger partial charge in [0, 0.05) is 13.0 Å². The predicted molar refractivity (Wildman–Crippen MR) is 82.8 cm³/mol. The molecular formula is C14H25N3O4S. The molecule has 0 saturated heterocycles. The fraction of sp³-hybridized carbons (Fsp3) is 0.786. The fourth-order valence-corrected chi connectivity index (χ4v) is 2.83. The molecule has 1 heterocycles. The van der Waals surface area contributed by atoms with E-state index in [9.17, 15) is 13.2 Å². The van der Waals surface area contributed by atoms with Crippen LogP contribution in [0.5, 0.6) is 0 Å². The van der Waals surface area contributed by atoms with Crippen LogP contribution in [0.4, 0.5) is 0 Å². The van der Waals surface area contributed by atoms with Gasteiger partial charge in [0.25, 0.3) is 0 Å². The number of nitrogens with zero attached hydrogens (tertiary/aromatic N) is 2. The summed E-state index contributed by atoms with van der Waals surface area (Å²) in [5.41, 5.74) is 0. The van der Waals surface area contributed by atoms with Crippen LogP contribution < -0.4 is 5.32 Å². The fourth-order valence-electron chi connectivity index (χ4n) is 1.70. The Bertz CT molecular complexity index is 593. The molecule has 1 atom stereocenters. The van der Waals surface area contributed by atoms with Gasteiger partial charge in [0.05, 0.1) is 0 Å². The van der Waals surface area contributed by atoms with Crippen molar-refractivity contribution in [2.24, 2.45) is 11.8 Å². The second kappa shape index (κ2) is 7.71. The number of carbonyl (C=O) groups is 1. The van der Waals surface area contributed by atoms with Gasteiger partial charge in [-0.05, 0) is 18.8 Å². The molecule has 0 unspecified atom stereocenters. The van der Waals surface area contributed by atoms with Crippen LogP contribution in [0.1, 0.15) is 46.3 Å². The Labute approximate surface area is 131 Å². The van der Waals surface area contributed by atoms with Crippen LogP contribution in [0.15, 0.2) is 4.52 Å². The third kappa shape index (κ3) is 5.75. The molecule has 1 rings (SSSR count). The number of carbonyl (C=O) groups excluding carboxylic acids is 1. The van der Waals surface area contributed by atoms with Crippen LogP contribution in [0.25, 0.3) is 0 Å². The Morgan fingerprint density at radius 1 is 1.18 bits per heavy atom. The van der Waals surface area contributed by atoms with E-state index in [1.165, 1.54) is 6.92 Å². The minimum atomic E-state index is -3.67. The van der Waals surface area contributed by atoms with Crippen LogP contribution in [-0.4, -0.2) is 36.3 Å². The Morgan fingerprint density at radius 3 is 2.36 bits per heavy atom. The summed E-state index contributed by atoms with van der Waals surface area (Å²) in [7, 11) is -3.67. The van der Waals surface area contributed by atoms with Crippen molar-refractivity contribution in [2.45, 2.75) is 52.0 Å². The topological polar surface area (TPSA) is 102 Å². The number of hydrogen-bond acceptors (Lipinski definition) is 6. The van der Waals surface area contributed by atoms with Crippen molar-refractivity contribution < 1.29 is 17.7 Å². The van der Waals surface area contributed by atoms with Crippen LogP contribution >= 0.6 is 0 Å². The molecule has 0 aliphatic heterocycles. The average Bonchev–Trinajstić information content (AvgIpc) is 2.80. The lowest BCUT2D eigenvalue weighted by molar-refractivity contribution is -0.120. The number of nitrogens with one attached hydrogen (secondary N) is 1. The standard InChI is InChI=1S/C14H25N3O4S/c1-9(2)6-13-16-12(17-21-13)8-22(19,20)11(5)14(18)15-7-10(3)4/h9-11H,6-8H2,1-5H3,(H,15,18)/t11-/m0/s1. The van der Waals surface area contributed by atoms with Crippen molar-refractivity contribution >= 4 is 15.7 Å². The molecule has 1 aromatic heterocycles. The smallest absolute Gasteiger partial charge is 0.238 e. The maximum atomic E-state index is 12.2. The van der Waals surface area contributed by atoms with E-state index < -0.39 is 26.7 Å². The van der Waals surface area contributed by atoms with Gasteiger partial charge in [-0.2, -0.15) is 4.98 Å². The Hall–Kier alpha value is -1.44. The summed E-state index contributed by atoms with van der Waals surface area (Å²) in [5, 5.41) is 5.16. The van der Waals surface area contributed by atoms with Crippen molar-refractivity contribution in [3.8, 4) is 0 Å². The SMILES string of the molecule is CC(C)CNC(=O)[C@H](C)S(=O)(=O)Cc1noc(CC(C)C)n1. The first-order valence-electron chi connectivity index (χ1n) is 7.42.